The number of fused-ring (bicyclic) bond motifs is 1. The summed E-state index contributed by atoms with van der Waals surface area (Å²) in [4.78, 5) is 0. The highest BCUT2D eigenvalue weighted by atomic mass is 14.8. The fraction of sp³-hybridized carbons (Fsp3) is 0.167. The monoisotopic (exact) mass is 260 g/mol. The van der Waals surface area contributed by atoms with E-state index in [4.69, 9.17) is 5.26 Å². The van der Waals surface area contributed by atoms with Gasteiger partial charge in [0, 0.05) is 6.54 Å². The molecule has 0 radical (unpaired) electrons. The lowest BCUT2D eigenvalue weighted by molar-refractivity contribution is 0.851. The van der Waals surface area contributed by atoms with E-state index in [0.29, 0.717) is 0 Å². The Bertz CT molecular complexity index is 749. The summed E-state index contributed by atoms with van der Waals surface area (Å²) in [6.45, 7) is 4.99. The van der Waals surface area contributed by atoms with E-state index in [-0.39, 0.29) is 0 Å². The predicted octanol–water partition coefficient (Wildman–Crippen LogP) is 3.92. The average molecular weight is 260 g/mol. The molecular weight excluding hydrogens is 244 g/mol. The molecular formula is C18H16N2. The number of hydrogen-bond acceptors (Lipinski definition) is 2. The molecule has 0 amide bonds. The quantitative estimate of drug-likeness (QED) is 0.843. The Morgan fingerprint density at radius 2 is 1.90 bits per heavy atom. The van der Waals surface area contributed by atoms with Crippen molar-refractivity contribution in [1.29, 1.82) is 5.26 Å². The molecule has 98 valence electrons. The van der Waals surface area contributed by atoms with Gasteiger partial charge in [-0.1, -0.05) is 18.2 Å². The third-order valence-corrected chi connectivity index (χ3v) is 3.86. The summed E-state index contributed by atoms with van der Waals surface area (Å²) in [5.74, 6) is 0. The number of nitriles is 1. The van der Waals surface area contributed by atoms with E-state index >= 15 is 0 Å². The van der Waals surface area contributed by atoms with Gasteiger partial charge in [0.15, 0.2) is 0 Å². The van der Waals surface area contributed by atoms with Crippen LogP contribution in [-0.4, -0.2) is 0 Å². The highest BCUT2D eigenvalue weighted by molar-refractivity contribution is 5.72. The molecule has 3 rings (SSSR count). The van der Waals surface area contributed by atoms with E-state index in [1.807, 2.05) is 25.3 Å². The van der Waals surface area contributed by atoms with E-state index < -0.39 is 0 Å². The molecule has 1 N–H and O–H groups in total. The van der Waals surface area contributed by atoms with Crippen molar-refractivity contribution < 1.29 is 0 Å². The van der Waals surface area contributed by atoms with Gasteiger partial charge in [-0.3, -0.25) is 0 Å². The molecule has 1 aliphatic heterocycles. The van der Waals surface area contributed by atoms with Gasteiger partial charge in [-0.2, -0.15) is 5.26 Å². The first-order valence-corrected chi connectivity index (χ1v) is 6.73. The van der Waals surface area contributed by atoms with Crippen LogP contribution in [0.15, 0.2) is 36.5 Å². The lowest BCUT2D eigenvalue weighted by atomic mass is 9.92. The summed E-state index contributed by atoms with van der Waals surface area (Å²) in [5, 5.41) is 12.4. The summed E-state index contributed by atoms with van der Waals surface area (Å²) in [5.41, 5.74) is 7.94. The van der Waals surface area contributed by atoms with Crippen molar-refractivity contribution in [1.82, 2.24) is 5.32 Å². The lowest BCUT2D eigenvalue weighted by Gasteiger charge is -2.17. The highest BCUT2D eigenvalue weighted by Gasteiger charge is 2.10. The van der Waals surface area contributed by atoms with Crippen molar-refractivity contribution in [3.05, 3.63) is 64.3 Å². The maximum absolute atomic E-state index is 9.17. The molecule has 0 saturated heterocycles. The molecule has 0 spiro atoms. The predicted molar refractivity (Wildman–Crippen MR) is 81.9 cm³/mol. The second-order valence-electron chi connectivity index (χ2n) is 5.22. The smallest absolute Gasteiger partial charge is 0.0994 e. The number of nitrogens with zero attached hydrogens (tertiary/aromatic N) is 1. The first-order valence-electron chi connectivity index (χ1n) is 6.73. The second kappa shape index (κ2) is 4.86. The van der Waals surface area contributed by atoms with Crippen molar-refractivity contribution in [2.45, 2.75) is 20.4 Å². The molecule has 1 aliphatic rings. The van der Waals surface area contributed by atoms with Gasteiger partial charge in [0.25, 0.3) is 0 Å². The molecule has 2 aromatic rings. The zero-order valence-corrected chi connectivity index (χ0v) is 11.7. The van der Waals surface area contributed by atoms with Gasteiger partial charge in [0.05, 0.1) is 11.6 Å². The number of nitrogens with one attached hydrogen (secondary N) is 1. The van der Waals surface area contributed by atoms with Crippen molar-refractivity contribution in [2.75, 3.05) is 0 Å². The first kappa shape index (κ1) is 12.5. The number of aryl methyl sites for hydroxylation is 2. The summed E-state index contributed by atoms with van der Waals surface area (Å²) in [6.07, 6.45) is 4.09. The summed E-state index contributed by atoms with van der Waals surface area (Å²) >= 11 is 0. The Labute approximate surface area is 119 Å². The molecule has 2 aromatic carbocycles. The van der Waals surface area contributed by atoms with Crippen LogP contribution in [0.1, 0.15) is 27.8 Å². The van der Waals surface area contributed by atoms with E-state index in [1.165, 1.54) is 22.3 Å². The van der Waals surface area contributed by atoms with Crippen LogP contribution in [0.5, 0.6) is 0 Å². The Morgan fingerprint density at radius 1 is 1.05 bits per heavy atom. The number of benzene rings is 2. The van der Waals surface area contributed by atoms with Gasteiger partial charge in [-0.15, -0.1) is 0 Å². The van der Waals surface area contributed by atoms with E-state index in [2.05, 4.69) is 42.6 Å². The van der Waals surface area contributed by atoms with Crippen LogP contribution in [0.2, 0.25) is 0 Å². The highest BCUT2D eigenvalue weighted by Crippen LogP contribution is 2.28. The van der Waals surface area contributed by atoms with Gasteiger partial charge >= 0.3 is 0 Å². The topological polar surface area (TPSA) is 35.8 Å². The Hall–Kier alpha value is -2.53. The lowest BCUT2D eigenvalue weighted by Crippen LogP contribution is -2.11. The fourth-order valence-corrected chi connectivity index (χ4v) is 2.63. The third kappa shape index (κ3) is 2.08. The molecule has 0 aliphatic carbocycles. The Kier molecular flexibility index (Phi) is 3.04. The van der Waals surface area contributed by atoms with Crippen molar-refractivity contribution in [3.63, 3.8) is 0 Å². The van der Waals surface area contributed by atoms with Gasteiger partial charge in [-0.25, -0.2) is 0 Å². The molecule has 0 fully saturated rings. The van der Waals surface area contributed by atoms with E-state index in [9.17, 15) is 0 Å². The molecule has 2 nitrogen and oxygen atoms in total. The molecule has 0 atom stereocenters. The summed E-state index contributed by atoms with van der Waals surface area (Å²) in [7, 11) is 0. The zero-order chi connectivity index (χ0) is 14.1. The minimum Gasteiger partial charge on any atom is -0.387 e. The molecule has 2 heteroatoms. The minimum atomic E-state index is 0.745. The number of hydrogen-bond donors (Lipinski definition) is 1. The molecule has 0 saturated carbocycles. The van der Waals surface area contributed by atoms with E-state index in [0.717, 1.165) is 23.2 Å². The van der Waals surface area contributed by atoms with Crippen LogP contribution in [0, 0.1) is 25.2 Å². The molecule has 0 aromatic heterocycles. The second-order valence-corrected chi connectivity index (χ2v) is 5.22. The summed E-state index contributed by atoms with van der Waals surface area (Å²) < 4.78 is 0. The Balaban J connectivity index is 2.14. The summed E-state index contributed by atoms with van der Waals surface area (Å²) in [6, 6.07) is 12.7. The van der Waals surface area contributed by atoms with Crippen LogP contribution < -0.4 is 5.32 Å². The van der Waals surface area contributed by atoms with Crippen molar-refractivity contribution in [3.8, 4) is 17.2 Å². The van der Waals surface area contributed by atoms with Gasteiger partial charge in [0.1, 0.15) is 0 Å². The van der Waals surface area contributed by atoms with E-state index in [1.54, 1.807) is 0 Å². The van der Waals surface area contributed by atoms with Crippen LogP contribution in [0.3, 0.4) is 0 Å². The van der Waals surface area contributed by atoms with Gasteiger partial charge < -0.3 is 5.32 Å². The van der Waals surface area contributed by atoms with Crippen molar-refractivity contribution >= 4 is 6.08 Å². The van der Waals surface area contributed by atoms with Crippen LogP contribution in [0.25, 0.3) is 17.2 Å². The Morgan fingerprint density at radius 3 is 2.70 bits per heavy atom. The minimum absolute atomic E-state index is 0.745. The van der Waals surface area contributed by atoms with Crippen LogP contribution >= 0.6 is 0 Å². The maximum Gasteiger partial charge on any atom is 0.0994 e. The SMILES string of the molecule is Cc1ccc(-c2cc(C)c3c(c2)C=CNC3)cc1C#N. The standard InChI is InChI=1S/C18H16N2/c1-12-3-4-14(8-17(12)10-19)16-7-13(2)18-11-20-6-5-15(18)9-16/h3-9,20H,11H2,1-2H3. The normalized spacial score (nSPS) is 12.4. The zero-order valence-electron chi connectivity index (χ0n) is 11.7. The fourth-order valence-electron chi connectivity index (χ4n) is 2.63. The average Bonchev–Trinajstić information content (AvgIpc) is 2.47. The van der Waals surface area contributed by atoms with Crippen LogP contribution in [-0.2, 0) is 6.54 Å². The molecule has 1 heterocycles. The molecule has 0 bridgehead atoms. The third-order valence-electron chi connectivity index (χ3n) is 3.86. The largest absolute Gasteiger partial charge is 0.387 e. The van der Waals surface area contributed by atoms with Crippen LogP contribution in [0.4, 0.5) is 0 Å². The number of rotatable bonds is 1. The molecule has 0 unspecified atom stereocenters. The molecule has 20 heavy (non-hydrogen) atoms. The van der Waals surface area contributed by atoms with Gasteiger partial charge in [-0.05, 0) is 71.6 Å². The maximum atomic E-state index is 9.17. The first-order chi connectivity index (χ1) is 9.69. The van der Waals surface area contributed by atoms with Gasteiger partial charge in [0.2, 0.25) is 0 Å². The van der Waals surface area contributed by atoms with Crippen molar-refractivity contribution in [2.24, 2.45) is 0 Å².